The topological polar surface area (TPSA) is 52.8 Å². The average molecular weight is 179 g/mol. The molecule has 0 aliphatic carbocycles. The summed E-state index contributed by atoms with van der Waals surface area (Å²) in [5.41, 5.74) is 1.84. The van der Waals surface area contributed by atoms with E-state index in [0.29, 0.717) is 5.71 Å². The van der Waals surface area contributed by atoms with Crippen LogP contribution in [-0.4, -0.2) is 16.0 Å². The number of aromatic hydroxyl groups is 1. The molecule has 0 atom stereocenters. The molecular weight excluding hydrogens is 166 g/mol. The lowest BCUT2D eigenvalue weighted by Crippen LogP contribution is -1.94. The summed E-state index contributed by atoms with van der Waals surface area (Å²) in [6.07, 6.45) is 1.57. The maximum atomic E-state index is 9.02. The molecule has 0 saturated carbocycles. The Kier molecular flexibility index (Phi) is 3.31. The van der Waals surface area contributed by atoms with Gasteiger partial charge in [0, 0.05) is 0 Å². The minimum Gasteiger partial charge on any atom is -0.508 e. The summed E-state index contributed by atoms with van der Waals surface area (Å²) < 4.78 is 0. The Morgan fingerprint density at radius 1 is 1.31 bits per heavy atom. The molecule has 3 nitrogen and oxygen atoms in total. The summed E-state index contributed by atoms with van der Waals surface area (Å²) >= 11 is 0. The van der Waals surface area contributed by atoms with E-state index in [1.54, 1.807) is 19.1 Å². The predicted molar refractivity (Wildman–Crippen MR) is 51.3 cm³/mol. The van der Waals surface area contributed by atoms with Crippen LogP contribution in [0.2, 0.25) is 0 Å². The van der Waals surface area contributed by atoms with Crippen molar-refractivity contribution in [2.24, 2.45) is 5.16 Å². The van der Waals surface area contributed by atoms with Crippen LogP contribution in [0.1, 0.15) is 18.9 Å². The number of aryl methyl sites for hydroxylation is 1. The molecule has 0 aromatic heterocycles. The molecular formula is C10H13NO2. The molecule has 0 aliphatic rings. The molecule has 3 heteroatoms. The van der Waals surface area contributed by atoms with Crippen LogP contribution < -0.4 is 0 Å². The highest BCUT2D eigenvalue weighted by Crippen LogP contribution is 2.11. The van der Waals surface area contributed by atoms with Crippen molar-refractivity contribution in [3.05, 3.63) is 29.8 Å². The van der Waals surface area contributed by atoms with Crippen molar-refractivity contribution in [1.29, 1.82) is 0 Å². The van der Waals surface area contributed by atoms with Gasteiger partial charge in [-0.25, -0.2) is 0 Å². The highest BCUT2D eigenvalue weighted by molar-refractivity contribution is 5.81. The number of hydrogen-bond acceptors (Lipinski definition) is 3. The van der Waals surface area contributed by atoms with Crippen molar-refractivity contribution in [2.75, 3.05) is 0 Å². The van der Waals surface area contributed by atoms with Crippen molar-refractivity contribution < 1.29 is 10.3 Å². The number of hydrogen-bond donors (Lipinski definition) is 2. The first-order valence-electron chi connectivity index (χ1n) is 4.18. The molecule has 0 aliphatic heterocycles. The molecule has 0 heterocycles. The largest absolute Gasteiger partial charge is 0.508 e. The first kappa shape index (κ1) is 9.58. The van der Waals surface area contributed by atoms with Crippen molar-refractivity contribution in [1.82, 2.24) is 0 Å². The number of phenols is 1. The van der Waals surface area contributed by atoms with E-state index in [1.807, 2.05) is 12.1 Å². The van der Waals surface area contributed by atoms with Crippen LogP contribution in [0.5, 0.6) is 5.75 Å². The zero-order valence-electron chi connectivity index (χ0n) is 7.57. The summed E-state index contributed by atoms with van der Waals surface area (Å²) in [5, 5.41) is 20.5. The molecule has 0 radical (unpaired) electrons. The highest BCUT2D eigenvalue weighted by atomic mass is 16.4. The molecule has 0 spiro atoms. The third-order valence-electron chi connectivity index (χ3n) is 1.88. The van der Waals surface area contributed by atoms with Crippen molar-refractivity contribution in [2.45, 2.75) is 19.8 Å². The van der Waals surface area contributed by atoms with Crippen LogP contribution in [0.3, 0.4) is 0 Å². The molecule has 1 aromatic rings. The Balaban J connectivity index is 2.51. The second-order valence-corrected chi connectivity index (χ2v) is 3.00. The smallest absolute Gasteiger partial charge is 0.115 e. The monoisotopic (exact) mass is 179 g/mol. The van der Waals surface area contributed by atoms with Gasteiger partial charge in [0.05, 0.1) is 5.71 Å². The fraction of sp³-hybridized carbons (Fsp3) is 0.300. The molecule has 13 heavy (non-hydrogen) atoms. The maximum Gasteiger partial charge on any atom is 0.115 e. The minimum absolute atomic E-state index is 0.274. The van der Waals surface area contributed by atoms with Crippen molar-refractivity contribution >= 4 is 5.71 Å². The Labute approximate surface area is 77.3 Å². The molecule has 70 valence electrons. The molecule has 2 N–H and O–H groups in total. The fourth-order valence-corrected chi connectivity index (χ4v) is 1.04. The van der Waals surface area contributed by atoms with Gasteiger partial charge in [-0.1, -0.05) is 17.3 Å². The molecule has 0 fully saturated rings. The summed E-state index contributed by atoms with van der Waals surface area (Å²) in [7, 11) is 0. The van der Waals surface area contributed by atoms with Crippen LogP contribution in [0.4, 0.5) is 0 Å². The zero-order chi connectivity index (χ0) is 9.68. The van der Waals surface area contributed by atoms with E-state index in [0.717, 1.165) is 18.4 Å². The van der Waals surface area contributed by atoms with Gasteiger partial charge in [0.1, 0.15) is 5.75 Å². The summed E-state index contributed by atoms with van der Waals surface area (Å²) in [6, 6.07) is 7.03. The van der Waals surface area contributed by atoms with Crippen molar-refractivity contribution in [3.63, 3.8) is 0 Å². The lowest BCUT2D eigenvalue weighted by Gasteiger charge is -1.99. The molecule has 0 saturated heterocycles. The van der Waals surface area contributed by atoms with Gasteiger partial charge in [-0.3, -0.25) is 0 Å². The fourth-order valence-electron chi connectivity index (χ4n) is 1.04. The molecule has 0 unspecified atom stereocenters. The normalized spacial score (nSPS) is 11.6. The summed E-state index contributed by atoms with van der Waals surface area (Å²) in [5.74, 6) is 0.274. The van der Waals surface area contributed by atoms with Gasteiger partial charge >= 0.3 is 0 Å². The van der Waals surface area contributed by atoms with Crippen LogP contribution in [0, 0.1) is 0 Å². The first-order chi connectivity index (χ1) is 6.22. The van der Waals surface area contributed by atoms with Crippen LogP contribution in [0.15, 0.2) is 29.4 Å². The van der Waals surface area contributed by atoms with Gasteiger partial charge in [0.25, 0.3) is 0 Å². The van der Waals surface area contributed by atoms with E-state index in [2.05, 4.69) is 5.16 Å². The van der Waals surface area contributed by atoms with Crippen LogP contribution >= 0.6 is 0 Å². The molecule has 1 rings (SSSR count). The van der Waals surface area contributed by atoms with Gasteiger partial charge in [0.15, 0.2) is 0 Å². The van der Waals surface area contributed by atoms with Gasteiger partial charge in [-0.05, 0) is 37.5 Å². The number of rotatable bonds is 3. The standard InChI is InChI=1S/C10H13NO2/c1-8(11-13)2-3-9-4-6-10(12)7-5-9/h4-7,12-13H,2-3H2,1H3. The predicted octanol–water partition coefficient (Wildman–Crippen LogP) is 2.17. The van der Waals surface area contributed by atoms with E-state index < -0.39 is 0 Å². The number of phenolic OH excluding ortho intramolecular Hbond substituents is 1. The number of oxime groups is 1. The average Bonchev–Trinajstić information content (AvgIpc) is 2.16. The number of nitrogens with zero attached hydrogens (tertiary/aromatic N) is 1. The van der Waals surface area contributed by atoms with Gasteiger partial charge in [-0.2, -0.15) is 0 Å². The molecule has 0 bridgehead atoms. The van der Waals surface area contributed by atoms with Gasteiger partial charge < -0.3 is 10.3 Å². The second kappa shape index (κ2) is 4.50. The molecule has 0 amide bonds. The van der Waals surface area contributed by atoms with E-state index in [4.69, 9.17) is 10.3 Å². The Hall–Kier alpha value is -1.51. The van der Waals surface area contributed by atoms with Crippen molar-refractivity contribution in [3.8, 4) is 5.75 Å². The lowest BCUT2D eigenvalue weighted by molar-refractivity contribution is 0.317. The van der Waals surface area contributed by atoms with Gasteiger partial charge in [-0.15, -0.1) is 0 Å². The zero-order valence-corrected chi connectivity index (χ0v) is 7.57. The Morgan fingerprint density at radius 3 is 2.46 bits per heavy atom. The Bertz CT molecular complexity index is 290. The minimum atomic E-state index is 0.274. The second-order valence-electron chi connectivity index (χ2n) is 3.00. The quantitative estimate of drug-likeness (QED) is 0.424. The van der Waals surface area contributed by atoms with E-state index >= 15 is 0 Å². The van der Waals surface area contributed by atoms with Crippen LogP contribution in [-0.2, 0) is 6.42 Å². The highest BCUT2D eigenvalue weighted by Gasteiger charge is 1.95. The summed E-state index contributed by atoms with van der Waals surface area (Å²) in [4.78, 5) is 0. The van der Waals surface area contributed by atoms with Crippen LogP contribution in [0.25, 0.3) is 0 Å². The molecule has 1 aromatic carbocycles. The van der Waals surface area contributed by atoms with Gasteiger partial charge in [0.2, 0.25) is 0 Å². The first-order valence-corrected chi connectivity index (χ1v) is 4.18. The van der Waals surface area contributed by atoms with E-state index in [9.17, 15) is 0 Å². The Morgan fingerprint density at radius 2 is 1.92 bits per heavy atom. The third kappa shape index (κ3) is 3.15. The maximum absolute atomic E-state index is 9.02. The SMILES string of the molecule is CC(CCc1ccc(O)cc1)=NO. The van der Waals surface area contributed by atoms with E-state index in [1.165, 1.54) is 0 Å². The summed E-state index contributed by atoms with van der Waals surface area (Å²) in [6.45, 7) is 1.78. The lowest BCUT2D eigenvalue weighted by atomic mass is 10.1. The third-order valence-corrected chi connectivity index (χ3v) is 1.88. The van der Waals surface area contributed by atoms with E-state index in [-0.39, 0.29) is 5.75 Å². The number of benzene rings is 1.